The van der Waals surface area contributed by atoms with Crippen LogP contribution in [-0.4, -0.2) is 12.0 Å². The van der Waals surface area contributed by atoms with Crippen molar-refractivity contribution < 1.29 is 26.6 Å². The van der Waals surface area contributed by atoms with Gasteiger partial charge in [-0.15, -0.1) is 0 Å². The Hall–Kier alpha value is -1.62. The molecule has 0 radical (unpaired) electrons. The lowest BCUT2D eigenvalue weighted by Gasteiger charge is -2.09. The minimum atomic E-state index is 0. The van der Waals surface area contributed by atoms with Crippen molar-refractivity contribution in [2.24, 2.45) is 5.10 Å². The monoisotopic (exact) mass is 350 g/mol. The number of hydrogen-bond donors (Lipinski definition) is 1. The normalized spacial score (nSPS) is 20.2. The molecule has 0 spiro atoms. The number of carbonyl (C=O) groups excluding carboxylic acids is 1. The summed E-state index contributed by atoms with van der Waals surface area (Å²) in [4.78, 5) is 10.9. The third-order valence-electron chi connectivity index (χ3n) is 4.22. The first-order valence-electron chi connectivity index (χ1n) is 7.44. The summed E-state index contributed by atoms with van der Waals surface area (Å²) in [7, 11) is 0. The maximum absolute atomic E-state index is 10.9. The van der Waals surface area contributed by atoms with E-state index in [1.165, 1.54) is 12.8 Å². The van der Waals surface area contributed by atoms with Crippen LogP contribution in [0.15, 0.2) is 39.5 Å². The molecule has 1 aliphatic heterocycles. The van der Waals surface area contributed by atoms with Crippen molar-refractivity contribution in [2.45, 2.75) is 32.2 Å². The molecule has 1 aromatic carbocycles. The molecule has 23 heavy (non-hydrogen) atoms. The molecule has 1 saturated carbocycles. The second-order valence-electron chi connectivity index (χ2n) is 6.01. The average Bonchev–Trinajstić information content (AvgIpc) is 3.16. The van der Waals surface area contributed by atoms with Crippen LogP contribution in [-0.2, 0) is 11.3 Å². The fraction of sp³-hybridized carbons (Fsp3) is 0.294. The van der Waals surface area contributed by atoms with E-state index in [0.717, 1.165) is 39.3 Å². The van der Waals surface area contributed by atoms with Gasteiger partial charge in [0.25, 0.3) is 0 Å². The summed E-state index contributed by atoms with van der Waals surface area (Å²) in [6, 6.07) is 5.97. The van der Waals surface area contributed by atoms with Gasteiger partial charge in [-0.2, -0.15) is 5.01 Å². The lowest BCUT2D eigenvalue weighted by Crippen LogP contribution is -3.02. The summed E-state index contributed by atoms with van der Waals surface area (Å²) in [5, 5.41) is 7.00. The molecule has 2 aliphatic rings. The molecule has 1 fully saturated rings. The fourth-order valence-electron chi connectivity index (χ4n) is 2.91. The van der Waals surface area contributed by atoms with Crippen LogP contribution in [0.5, 0.6) is 0 Å². The van der Waals surface area contributed by atoms with E-state index >= 15 is 0 Å². The van der Waals surface area contributed by atoms with E-state index in [1.54, 1.807) is 0 Å². The molecule has 4 rings (SSSR count). The number of hydrogen-bond acceptors (Lipinski definition) is 3. The predicted molar refractivity (Wildman–Crippen MR) is 85.1 cm³/mol. The smallest absolute Gasteiger partial charge is 0.174 e. The maximum Gasteiger partial charge on any atom is 0.174 e. The summed E-state index contributed by atoms with van der Waals surface area (Å²) in [5.74, 6) is 1.62. The highest BCUT2D eigenvalue weighted by Gasteiger charge is 2.28. The zero-order valence-corrected chi connectivity index (χ0v) is 14.1. The van der Waals surface area contributed by atoms with E-state index in [4.69, 9.17) is 16.0 Å². The van der Waals surface area contributed by atoms with Crippen LogP contribution < -0.4 is 17.4 Å². The first kappa shape index (κ1) is 16.2. The first-order valence-corrected chi connectivity index (χ1v) is 7.82. The van der Waals surface area contributed by atoms with Gasteiger partial charge in [0.05, 0.1) is 5.56 Å². The second-order valence-corrected chi connectivity index (χ2v) is 6.45. The van der Waals surface area contributed by atoms with Gasteiger partial charge in [-0.1, -0.05) is 16.7 Å². The molecule has 0 bridgehead atoms. The zero-order chi connectivity index (χ0) is 15.3. The number of nitrogens with one attached hydrogen (secondary N) is 1. The molecule has 2 heterocycles. The number of furan rings is 1. The van der Waals surface area contributed by atoms with Crippen LogP contribution >= 0.6 is 11.6 Å². The highest BCUT2D eigenvalue weighted by atomic mass is 35.5. The van der Waals surface area contributed by atoms with E-state index in [0.29, 0.717) is 23.2 Å². The van der Waals surface area contributed by atoms with E-state index < -0.39 is 0 Å². The second kappa shape index (κ2) is 6.11. The molecule has 0 saturated heterocycles. The summed E-state index contributed by atoms with van der Waals surface area (Å²) in [5.41, 5.74) is 3.41. The Kier molecular flexibility index (Phi) is 4.32. The topological polar surface area (TPSA) is 47.0 Å². The minimum absolute atomic E-state index is 0. The Morgan fingerprint density at radius 1 is 1.39 bits per heavy atom. The number of quaternary nitrogens is 1. The highest BCUT2D eigenvalue weighted by molar-refractivity contribution is 6.34. The largest absolute Gasteiger partial charge is 1.00 e. The van der Waals surface area contributed by atoms with Crippen LogP contribution in [0.3, 0.4) is 0 Å². The lowest BCUT2D eigenvalue weighted by atomic mass is 10.1. The number of aldehydes is 1. The van der Waals surface area contributed by atoms with Gasteiger partial charge in [0.15, 0.2) is 12.0 Å². The molecule has 4 nitrogen and oxygen atoms in total. The molecule has 1 aliphatic carbocycles. The van der Waals surface area contributed by atoms with Crippen molar-refractivity contribution in [3.05, 3.63) is 46.3 Å². The van der Waals surface area contributed by atoms with Crippen LogP contribution in [0.1, 0.15) is 37.0 Å². The Labute approximate surface area is 145 Å². The number of nitrogens with zero attached hydrogens (tertiary/aromatic N) is 1. The average molecular weight is 351 g/mol. The third kappa shape index (κ3) is 3.07. The third-order valence-corrected chi connectivity index (χ3v) is 4.44. The Morgan fingerprint density at radius 2 is 2.17 bits per heavy atom. The zero-order valence-electron chi connectivity index (χ0n) is 12.6. The van der Waals surface area contributed by atoms with Gasteiger partial charge < -0.3 is 16.8 Å². The number of carbonyl (C=O) groups is 1. The molecule has 120 valence electrons. The number of halogens is 2. The Balaban J connectivity index is 0.00000156. The van der Waals surface area contributed by atoms with Crippen molar-refractivity contribution in [3.63, 3.8) is 0 Å². The minimum Gasteiger partial charge on any atom is -1.00 e. The predicted octanol–water partition coefficient (Wildman–Crippen LogP) is -0.175. The van der Waals surface area contributed by atoms with Gasteiger partial charge in [0, 0.05) is 29.3 Å². The SMILES string of the molecule is CC1=CC(C=O)=N[NH+]1Cc1cc(Cl)cc2cc(C3CC3)oc12.[Cl-]. The van der Waals surface area contributed by atoms with Gasteiger partial charge >= 0.3 is 0 Å². The molecular weight excluding hydrogens is 335 g/mol. The van der Waals surface area contributed by atoms with Gasteiger partial charge in [-0.05, 0) is 31.0 Å². The molecule has 6 heteroatoms. The molecule has 1 atom stereocenters. The highest BCUT2D eigenvalue weighted by Crippen LogP contribution is 2.43. The molecule has 1 N–H and O–H groups in total. The first-order chi connectivity index (χ1) is 10.6. The van der Waals surface area contributed by atoms with Crippen molar-refractivity contribution in [1.29, 1.82) is 0 Å². The van der Waals surface area contributed by atoms with E-state index in [1.807, 2.05) is 25.1 Å². The van der Waals surface area contributed by atoms with Gasteiger partial charge in [-0.3, -0.25) is 4.79 Å². The van der Waals surface area contributed by atoms with Crippen molar-refractivity contribution in [1.82, 2.24) is 0 Å². The lowest BCUT2D eigenvalue weighted by molar-refractivity contribution is -0.879. The molecule has 1 aromatic heterocycles. The Morgan fingerprint density at radius 3 is 2.83 bits per heavy atom. The number of rotatable bonds is 4. The molecule has 2 aromatic rings. The Bertz CT molecular complexity index is 834. The van der Waals surface area contributed by atoms with Crippen LogP contribution in [0, 0.1) is 0 Å². The quantitative estimate of drug-likeness (QED) is 0.778. The van der Waals surface area contributed by atoms with E-state index in [-0.39, 0.29) is 12.4 Å². The number of fused-ring (bicyclic) bond motifs is 1. The number of allylic oxidation sites excluding steroid dienone is 2. The van der Waals surface area contributed by atoms with Crippen molar-refractivity contribution in [3.8, 4) is 0 Å². The van der Waals surface area contributed by atoms with Gasteiger partial charge in [0.1, 0.15) is 23.6 Å². The van der Waals surface area contributed by atoms with E-state index in [9.17, 15) is 4.79 Å². The molecular formula is C17H16Cl2N2O2. The summed E-state index contributed by atoms with van der Waals surface area (Å²) < 4.78 is 6.07. The van der Waals surface area contributed by atoms with Crippen molar-refractivity contribution in [2.75, 3.05) is 0 Å². The summed E-state index contributed by atoms with van der Waals surface area (Å²) in [6.45, 7) is 2.59. The van der Waals surface area contributed by atoms with Crippen molar-refractivity contribution >= 4 is 34.6 Å². The molecule has 0 amide bonds. The molecule has 1 unspecified atom stereocenters. The summed E-state index contributed by atoms with van der Waals surface area (Å²) >= 11 is 6.25. The van der Waals surface area contributed by atoms with Gasteiger partial charge in [-0.25, -0.2) is 0 Å². The fourth-order valence-corrected chi connectivity index (χ4v) is 3.16. The maximum atomic E-state index is 10.9. The van der Waals surface area contributed by atoms with Crippen LogP contribution in [0.4, 0.5) is 0 Å². The number of benzene rings is 1. The summed E-state index contributed by atoms with van der Waals surface area (Å²) in [6.07, 6.45) is 4.99. The van der Waals surface area contributed by atoms with Gasteiger partial charge in [0.2, 0.25) is 0 Å². The standard InChI is InChI=1S/C17H15ClN2O2.ClH/c1-10-4-15(9-21)19-20(10)8-13-6-14(18)5-12-7-16(11-2-3-11)22-17(12)13;/h4-7,9,11H,2-3,8H2,1H3;1H. The van der Waals surface area contributed by atoms with Crippen LogP contribution in [0.2, 0.25) is 5.02 Å². The van der Waals surface area contributed by atoms with E-state index in [2.05, 4.69) is 11.2 Å². The van der Waals surface area contributed by atoms with Crippen LogP contribution in [0.25, 0.3) is 11.0 Å².